The average Bonchev–Trinajstić information content (AvgIpc) is 2.55. The summed E-state index contributed by atoms with van der Waals surface area (Å²) in [6.45, 7) is 0.626. The molecular formula is C19H18I2O. The Kier molecular flexibility index (Phi) is 5.79. The molecule has 114 valence electrons. The van der Waals surface area contributed by atoms with E-state index in [9.17, 15) is 0 Å². The SMILES string of the molecule is Ic1cc(I)c(OCc2ccccc2)c(C2C=CCCC2)c1. The molecule has 0 fully saturated rings. The van der Waals surface area contributed by atoms with E-state index in [1.54, 1.807) is 0 Å². The Labute approximate surface area is 159 Å². The van der Waals surface area contributed by atoms with Crippen LogP contribution in [0.3, 0.4) is 0 Å². The zero-order valence-corrected chi connectivity index (χ0v) is 16.6. The van der Waals surface area contributed by atoms with E-state index in [0.717, 1.165) is 5.75 Å². The van der Waals surface area contributed by atoms with E-state index in [0.29, 0.717) is 12.5 Å². The Morgan fingerprint density at radius 3 is 2.64 bits per heavy atom. The molecule has 1 aliphatic carbocycles. The second kappa shape index (κ2) is 7.81. The van der Waals surface area contributed by atoms with Gasteiger partial charge in [0.1, 0.15) is 12.4 Å². The topological polar surface area (TPSA) is 9.23 Å². The third-order valence-electron chi connectivity index (χ3n) is 3.92. The minimum atomic E-state index is 0.489. The quantitative estimate of drug-likeness (QED) is 0.343. The van der Waals surface area contributed by atoms with E-state index >= 15 is 0 Å². The smallest absolute Gasteiger partial charge is 0.136 e. The molecule has 0 aliphatic heterocycles. The van der Waals surface area contributed by atoms with Crippen molar-refractivity contribution in [1.29, 1.82) is 0 Å². The van der Waals surface area contributed by atoms with Gasteiger partial charge in [0.15, 0.2) is 0 Å². The normalized spacial score (nSPS) is 17.5. The molecule has 0 spiro atoms. The van der Waals surface area contributed by atoms with E-state index in [1.807, 2.05) is 6.07 Å². The monoisotopic (exact) mass is 516 g/mol. The summed E-state index contributed by atoms with van der Waals surface area (Å²) in [7, 11) is 0. The summed E-state index contributed by atoms with van der Waals surface area (Å²) in [6, 6.07) is 14.8. The van der Waals surface area contributed by atoms with Gasteiger partial charge in [-0.3, -0.25) is 0 Å². The summed E-state index contributed by atoms with van der Waals surface area (Å²) in [5, 5.41) is 0. The van der Waals surface area contributed by atoms with Gasteiger partial charge in [-0.1, -0.05) is 42.5 Å². The minimum Gasteiger partial charge on any atom is -0.487 e. The lowest BCUT2D eigenvalue weighted by molar-refractivity contribution is 0.299. The highest BCUT2D eigenvalue weighted by Gasteiger charge is 2.19. The number of hydrogen-bond acceptors (Lipinski definition) is 1. The molecule has 0 aromatic heterocycles. The van der Waals surface area contributed by atoms with Crippen molar-refractivity contribution in [2.75, 3.05) is 0 Å². The van der Waals surface area contributed by atoms with E-state index in [4.69, 9.17) is 4.74 Å². The van der Waals surface area contributed by atoms with Crippen molar-refractivity contribution >= 4 is 45.2 Å². The van der Waals surface area contributed by atoms with Crippen molar-refractivity contribution in [1.82, 2.24) is 0 Å². The average molecular weight is 516 g/mol. The summed E-state index contributed by atoms with van der Waals surface area (Å²) < 4.78 is 8.70. The van der Waals surface area contributed by atoms with E-state index in [1.165, 1.54) is 37.5 Å². The summed E-state index contributed by atoms with van der Waals surface area (Å²) in [4.78, 5) is 0. The van der Waals surface area contributed by atoms with Gasteiger partial charge in [-0.25, -0.2) is 0 Å². The first-order chi connectivity index (χ1) is 10.7. The van der Waals surface area contributed by atoms with Crippen LogP contribution in [0.25, 0.3) is 0 Å². The summed E-state index contributed by atoms with van der Waals surface area (Å²) in [5.41, 5.74) is 2.55. The second-order valence-corrected chi connectivity index (χ2v) is 7.95. The van der Waals surface area contributed by atoms with Gasteiger partial charge < -0.3 is 4.74 Å². The van der Waals surface area contributed by atoms with Gasteiger partial charge in [0.2, 0.25) is 0 Å². The Bertz CT molecular complexity index is 665. The van der Waals surface area contributed by atoms with Crippen molar-refractivity contribution in [3.63, 3.8) is 0 Å². The molecule has 1 atom stereocenters. The van der Waals surface area contributed by atoms with Crippen LogP contribution >= 0.6 is 45.2 Å². The van der Waals surface area contributed by atoms with Gasteiger partial charge in [-0.05, 0) is 82.1 Å². The highest BCUT2D eigenvalue weighted by atomic mass is 127. The Morgan fingerprint density at radius 2 is 1.91 bits per heavy atom. The van der Waals surface area contributed by atoms with E-state index in [2.05, 4.69) is 93.7 Å². The lowest BCUT2D eigenvalue weighted by atomic mass is 9.89. The number of benzene rings is 2. The van der Waals surface area contributed by atoms with Gasteiger partial charge in [-0.2, -0.15) is 0 Å². The first-order valence-corrected chi connectivity index (χ1v) is 9.72. The van der Waals surface area contributed by atoms with Gasteiger partial charge in [0, 0.05) is 15.1 Å². The molecule has 0 N–H and O–H groups in total. The number of ether oxygens (including phenoxy) is 1. The zero-order chi connectivity index (χ0) is 15.4. The van der Waals surface area contributed by atoms with Crippen molar-refractivity contribution in [2.24, 2.45) is 0 Å². The molecule has 1 nitrogen and oxygen atoms in total. The van der Waals surface area contributed by atoms with Crippen LogP contribution in [0.5, 0.6) is 5.75 Å². The molecular weight excluding hydrogens is 498 g/mol. The number of rotatable bonds is 4. The fourth-order valence-electron chi connectivity index (χ4n) is 2.81. The summed E-state index contributed by atoms with van der Waals surface area (Å²) >= 11 is 4.80. The van der Waals surface area contributed by atoms with Crippen LogP contribution in [0.1, 0.15) is 36.3 Å². The van der Waals surface area contributed by atoms with Crippen molar-refractivity contribution in [3.05, 3.63) is 72.9 Å². The van der Waals surface area contributed by atoms with Crippen LogP contribution in [-0.2, 0) is 6.61 Å². The fraction of sp³-hybridized carbons (Fsp3) is 0.263. The maximum atomic E-state index is 6.22. The van der Waals surface area contributed by atoms with E-state index < -0.39 is 0 Å². The van der Waals surface area contributed by atoms with Gasteiger partial charge in [0.25, 0.3) is 0 Å². The minimum absolute atomic E-state index is 0.489. The Morgan fingerprint density at radius 1 is 1.09 bits per heavy atom. The molecule has 0 radical (unpaired) electrons. The number of allylic oxidation sites excluding steroid dienone is 2. The fourth-order valence-corrected chi connectivity index (χ4v) is 4.85. The van der Waals surface area contributed by atoms with Crippen molar-refractivity contribution in [3.8, 4) is 5.75 Å². The molecule has 0 saturated carbocycles. The summed E-state index contributed by atoms with van der Waals surface area (Å²) in [5.74, 6) is 1.55. The highest BCUT2D eigenvalue weighted by Crippen LogP contribution is 2.38. The summed E-state index contributed by atoms with van der Waals surface area (Å²) in [6.07, 6.45) is 8.34. The number of hydrogen-bond donors (Lipinski definition) is 0. The molecule has 22 heavy (non-hydrogen) atoms. The lowest BCUT2D eigenvalue weighted by Crippen LogP contribution is -2.06. The third kappa shape index (κ3) is 4.04. The highest BCUT2D eigenvalue weighted by molar-refractivity contribution is 14.1. The third-order valence-corrected chi connectivity index (χ3v) is 5.34. The second-order valence-electron chi connectivity index (χ2n) is 5.55. The van der Waals surface area contributed by atoms with Crippen molar-refractivity contribution in [2.45, 2.75) is 31.8 Å². The molecule has 2 aromatic rings. The molecule has 1 unspecified atom stereocenters. The maximum Gasteiger partial charge on any atom is 0.136 e. The van der Waals surface area contributed by atoms with Gasteiger partial charge in [0.05, 0.1) is 3.57 Å². The Balaban J connectivity index is 1.88. The molecule has 0 bridgehead atoms. The van der Waals surface area contributed by atoms with Crippen LogP contribution in [0.15, 0.2) is 54.6 Å². The van der Waals surface area contributed by atoms with Crippen LogP contribution in [0.2, 0.25) is 0 Å². The largest absolute Gasteiger partial charge is 0.487 e. The molecule has 2 aromatic carbocycles. The van der Waals surface area contributed by atoms with Crippen LogP contribution in [-0.4, -0.2) is 0 Å². The molecule has 3 heteroatoms. The molecule has 0 amide bonds. The lowest BCUT2D eigenvalue weighted by Gasteiger charge is -2.22. The standard InChI is InChI=1S/C19H18I2O/c20-16-11-17(15-9-5-2-6-10-15)19(18(21)12-16)22-13-14-7-3-1-4-8-14/h1,3-5,7-9,11-12,15H,2,6,10,13H2. The van der Waals surface area contributed by atoms with Crippen LogP contribution < -0.4 is 4.74 Å². The molecule has 1 aliphatic rings. The van der Waals surface area contributed by atoms with E-state index in [-0.39, 0.29) is 0 Å². The zero-order valence-electron chi connectivity index (χ0n) is 12.3. The molecule has 0 saturated heterocycles. The van der Waals surface area contributed by atoms with Crippen LogP contribution in [0, 0.1) is 7.14 Å². The van der Waals surface area contributed by atoms with Gasteiger partial charge in [-0.15, -0.1) is 0 Å². The first kappa shape index (κ1) is 16.3. The Hall–Kier alpha value is -0.560. The first-order valence-electron chi connectivity index (χ1n) is 7.56. The predicted molar refractivity (Wildman–Crippen MR) is 108 cm³/mol. The van der Waals surface area contributed by atoms with Gasteiger partial charge >= 0.3 is 0 Å². The van der Waals surface area contributed by atoms with Crippen molar-refractivity contribution < 1.29 is 4.74 Å². The van der Waals surface area contributed by atoms with Crippen LogP contribution in [0.4, 0.5) is 0 Å². The number of halogens is 2. The molecule has 0 heterocycles. The molecule has 3 rings (SSSR count). The maximum absolute atomic E-state index is 6.22. The predicted octanol–water partition coefficient (Wildman–Crippen LogP) is 6.30.